The van der Waals surface area contributed by atoms with Crippen LogP contribution < -0.4 is 17.0 Å². The van der Waals surface area contributed by atoms with E-state index in [1.807, 2.05) is 12.1 Å². The minimum atomic E-state index is 0. The summed E-state index contributed by atoms with van der Waals surface area (Å²) >= 11 is 0. The van der Waals surface area contributed by atoms with Crippen LogP contribution in [0.3, 0.4) is 0 Å². The van der Waals surface area contributed by atoms with E-state index in [0.29, 0.717) is 0 Å². The summed E-state index contributed by atoms with van der Waals surface area (Å²) in [5.74, 6) is 0. The third-order valence-electron chi connectivity index (χ3n) is 2.37. The Kier molecular flexibility index (Phi) is 7.92. The van der Waals surface area contributed by atoms with E-state index in [2.05, 4.69) is 23.1 Å². The van der Waals surface area contributed by atoms with Crippen LogP contribution in [0.4, 0.5) is 0 Å². The molecule has 1 nitrogen and oxygen atoms in total. The number of halogens is 1. The molecule has 1 aliphatic rings. The third kappa shape index (κ3) is 4.30. The van der Waals surface area contributed by atoms with Crippen molar-refractivity contribution in [2.45, 2.75) is 19.4 Å². The minimum absolute atomic E-state index is 0. The van der Waals surface area contributed by atoms with Gasteiger partial charge in [-0.1, -0.05) is 0 Å². The van der Waals surface area contributed by atoms with E-state index in [-0.39, 0.29) is 40.0 Å². The van der Waals surface area contributed by atoms with Gasteiger partial charge in [0.25, 0.3) is 0 Å². The summed E-state index contributed by atoms with van der Waals surface area (Å²) in [6.45, 7) is 3.62. The average Bonchev–Trinajstić information content (AvgIpc) is 2.59. The number of likely N-dealkylation sites (tertiary alicyclic amines) is 1. The Morgan fingerprint density at radius 1 is 1.21 bits per heavy atom. The molecule has 3 heteroatoms. The van der Waals surface area contributed by atoms with Gasteiger partial charge in [-0.25, -0.2) is 0 Å². The SMILES string of the molecule is [Br-].[Mg+2].[c-]1ccccc1CN1CCCC1. The topological polar surface area (TPSA) is 3.24 Å². The monoisotopic (exact) mass is 263 g/mol. The molecule has 0 atom stereocenters. The number of rotatable bonds is 2. The van der Waals surface area contributed by atoms with Crippen molar-refractivity contribution in [3.8, 4) is 0 Å². The molecule has 14 heavy (non-hydrogen) atoms. The van der Waals surface area contributed by atoms with Gasteiger partial charge in [-0.3, -0.25) is 0 Å². The van der Waals surface area contributed by atoms with Crippen molar-refractivity contribution in [2.75, 3.05) is 13.1 Å². The van der Waals surface area contributed by atoms with Gasteiger partial charge in [-0.05, 0) is 25.9 Å². The molecular weight excluding hydrogens is 250 g/mol. The normalized spacial score (nSPS) is 15.7. The first-order valence-corrected chi connectivity index (χ1v) is 4.63. The quantitative estimate of drug-likeness (QED) is 0.474. The largest absolute Gasteiger partial charge is 2.00 e. The number of hydrogen-bond acceptors (Lipinski definition) is 1. The molecule has 0 spiro atoms. The van der Waals surface area contributed by atoms with Crippen LogP contribution in [0.5, 0.6) is 0 Å². The van der Waals surface area contributed by atoms with E-state index >= 15 is 0 Å². The van der Waals surface area contributed by atoms with Gasteiger partial charge < -0.3 is 21.9 Å². The molecule has 1 aromatic rings. The molecular formula is C11H14BrMgN. The van der Waals surface area contributed by atoms with Crippen molar-refractivity contribution >= 4 is 23.1 Å². The van der Waals surface area contributed by atoms with Crippen molar-refractivity contribution in [3.63, 3.8) is 0 Å². The van der Waals surface area contributed by atoms with Crippen molar-refractivity contribution in [1.29, 1.82) is 0 Å². The van der Waals surface area contributed by atoms with Crippen LogP contribution >= 0.6 is 0 Å². The summed E-state index contributed by atoms with van der Waals surface area (Å²) in [6, 6.07) is 11.5. The van der Waals surface area contributed by atoms with Crippen LogP contribution in [0.1, 0.15) is 18.4 Å². The third-order valence-corrected chi connectivity index (χ3v) is 2.37. The first-order chi connectivity index (χ1) is 5.95. The van der Waals surface area contributed by atoms with E-state index in [4.69, 9.17) is 0 Å². The van der Waals surface area contributed by atoms with E-state index < -0.39 is 0 Å². The Bertz CT molecular complexity index is 234. The Labute approximate surface area is 113 Å². The maximum atomic E-state index is 3.25. The van der Waals surface area contributed by atoms with Crippen molar-refractivity contribution in [1.82, 2.24) is 4.90 Å². The predicted molar refractivity (Wildman–Crippen MR) is 55.5 cm³/mol. The van der Waals surface area contributed by atoms with Crippen LogP contribution in [0.15, 0.2) is 24.3 Å². The maximum absolute atomic E-state index is 3.25. The smallest absolute Gasteiger partial charge is 1.00 e. The Balaban J connectivity index is 0.000000845. The summed E-state index contributed by atoms with van der Waals surface area (Å²) in [7, 11) is 0. The van der Waals surface area contributed by atoms with Crippen LogP contribution in [-0.2, 0) is 6.54 Å². The minimum Gasteiger partial charge on any atom is -1.00 e. The molecule has 0 amide bonds. The Morgan fingerprint density at radius 3 is 2.50 bits per heavy atom. The molecule has 1 aliphatic heterocycles. The fraction of sp³-hybridized carbons (Fsp3) is 0.455. The van der Waals surface area contributed by atoms with Crippen LogP contribution in [0.25, 0.3) is 0 Å². The number of nitrogens with zero attached hydrogens (tertiary/aromatic N) is 1. The summed E-state index contributed by atoms with van der Waals surface area (Å²) in [4.78, 5) is 2.49. The Hall–Kier alpha value is 0.426. The second kappa shape index (κ2) is 7.68. The first-order valence-electron chi connectivity index (χ1n) is 4.63. The molecule has 1 aromatic carbocycles. The van der Waals surface area contributed by atoms with Crippen LogP contribution in [0, 0.1) is 6.07 Å². The first kappa shape index (κ1) is 14.4. The van der Waals surface area contributed by atoms with E-state index in [0.717, 1.165) is 6.54 Å². The summed E-state index contributed by atoms with van der Waals surface area (Å²) < 4.78 is 0. The van der Waals surface area contributed by atoms with Gasteiger partial charge >= 0.3 is 23.1 Å². The second-order valence-electron chi connectivity index (χ2n) is 3.37. The van der Waals surface area contributed by atoms with Gasteiger partial charge in [-0.15, -0.1) is 5.56 Å². The molecule has 0 bridgehead atoms. The van der Waals surface area contributed by atoms with Gasteiger partial charge in [-0.2, -0.15) is 30.3 Å². The van der Waals surface area contributed by atoms with Gasteiger partial charge in [0.05, 0.1) is 0 Å². The fourth-order valence-corrected chi connectivity index (χ4v) is 1.71. The molecule has 0 aromatic heterocycles. The molecule has 1 saturated heterocycles. The van der Waals surface area contributed by atoms with Gasteiger partial charge in [0.15, 0.2) is 0 Å². The number of hydrogen-bond donors (Lipinski definition) is 0. The summed E-state index contributed by atoms with van der Waals surface area (Å²) in [5.41, 5.74) is 1.32. The fourth-order valence-electron chi connectivity index (χ4n) is 1.71. The van der Waals surface area contributed by atoms with Crippen LogP contribution in [0.2, 0.25) is 0 Å². The molecule has 1 fully saturated rings. The van der Waals surface area contributed by atoms with Crippen molar-refractivity contribution in [2.24, 2.45) is 0 Å². The van der Waals surface area contributed by atoms with Crippen molar-refractivity contribution < 1.29 is 17.0 Å². The van der Waals surface area contributed by atoms with E-state index in [9.17, 15) is 0 Å². The maximum Gasteiger partial charge on any atom is 2.00 e. The predicted octanol–water partition coefficient (Wildman–Crippen LogP) is -1.29. The van der Waals surface area contributed by atoms with Gasteiger partial charge in [0, 0.05) is 6.54 Å². The molecule has 72 valence electrons. The van der Waals surface area contributed by atoms with Gasteiger partial charge in [0.2, 0.25) is 0 Å². The molecule has 0 aliphatic carbocycles. The van der Waals surface area contributed by atoms with E-state index in [1.165, 1.54) is 31.5 Å². The van der Waals surface area contributed by atoms with E-state index in [1.54, 1.807) is 0 Å². The zero-order valence-electron chi connectivity index (χ0n) is 8.38. The zero-order chi connectivity index (χ0) is 8.23. The second-order valence-corrected chi connectivity index (χ2v) is 3.37. The molecule has 0 N–H and O–H groups in total. The van der Waals surface area contributed by atoms with Gasteiger partial charge in [0.1, 0.15) is 0 Å². The average molecular weight is 264 g/mol. The molecule has 0 saturated carbocycles. The molecule has 0 unspecified atom stereocenters. The van der Waals surface area contributed by atoms with Crippen molar-refractivity contribution in [3.05, 3.63) is 35.9 Å². The summed E-state index contributed by atoms with van der Waals surface area (Å²) in [5, 5.41) is 0. The van der Waals surface area contributed by atoms with Crippen LogP contribution in [-0.4, -0.2) is 41.0 Å². The summed E-state index contributed by atoms with van der Waals surface area (Å²) in [6.07, 6.45) is 2.74. The molecule has 0 radical (unpaired) electrons. The molecule has 1 heterocycles. The zero-order valence-corrected chi connectivity index (χ0v) is 11.4. The molecule has 2 rings (SSSR count). The number of benzene rings is 1. The standard InChI is InChI=1S/C11H14N.BrH.Mg/c1-2-6-11(7-3-1)10-12-8-4-5-9-12;;/h1-3,6H,4-5,8-10H2;1H;/q-1;;+2/p-1. The Morgan fingerprint density at radius 2 is 1.93 bits per heavy atom.